The van der Waals surface area contributed by atoms with E-state index in [0.29, 0.717) is 12.5 Å². The van der Waals surface area contributed by atoms with Gasteiger partial charge in [-0.1, -0.05) is 44.9 Å². The molecule has 0 aromatic heterocycles. The fourth-order valence-electron chi connectivity index (χ4n) is 2.94. The molecule has 2 rings (SSSR count). The van der Waals surface area contributed by atoms with Gasteiger partial charge in [0.05, 0.1) is 0 Å². The monoisotopic (exact) mass is 168 g/mol. The van der Waals surface area contributed by atoms with E-state index in [1.807, 2.05) is 0 Å². The normalized spacial score (nSPS) is 28.8. The van der Waals surface area contributed by atoms with Crippen LogP contribution in [0.1, 0.15) is 44.9 Å². The minimum atomic E-state index is 0.454. The lowest BCUT2D eigenvalue weighted by Gasteiger charge is -2.36. The molecule has 1 nitrogen and oxygen atoms in total. The lowest BCUT2D eigenvalue weighted by molar-refractivity contribution is 0.0782. The number of aliphatic hydroxyl groups is 1. The topological polar surface area (TPSA) is 20.2 Å². The predicted molar refractivity (Wildman–Crippen MR) is 49.9 cm³/mol. The molecule has 1 atom stereocenters. The lowest BCUT2D eigenvalue weighted by Crippen LogP contribution is -2.30. The van der Waals surface area contributed by atoms with E-state index in [9.17, 15) is 5.11 Å². The van der Waals surface area contributed by atoms with Crippen molar-refractivity contribution in [1.82, 2.24) is 0 Å². The van der Waals surface area contributed by atoms with Crippen molar-refractivity contribution >= 4 is 0 Å². The maximum Gasteiger partial charge on any atom is 0.0464 e. The van der Waals surface area contributed by atoms with E-state index < -0.39 is 0 Å². The van der Waals surface area contributed by atoms with Crippen LogP contribution in [-0.2, 0) is 0 Å². The molecule has 2 saturated carbocycles. The maximum atomic E-state index is 9.32. The molecular formula is C11H20O. The quantitative estimate of drug-likeness (QED) is 0.686. The van der Waals surface area contributed by atoms with Crippen LogP contribution >= 0.6 is 0 Å². The summed E-state index contributed by atoms with van der Waals surface area (Å²) in [5, 5.41) is 9.32. The zero-order valence-corrected chi connectivity index (χ0v) is 7.84. The third kappa shape index (κ3) is 1.52. The third-order valence-electron chi connectivity index (χ3n) is 3.97. The van der Waals surface area contributed by atoms with E-state index in [4.69, 9.17) is 0 Å². The first-order chi connectivity index (χ1) is 5.92. The average Bonchev–Trinajstić information content (AvgIpc) is 2.47. The number of rotatable bonds is 3. The summed E-state index contributed by atoms with van der Waals surface area (Å²) >= 11 is 0. The van der Waals surface area contributed by atoms with E-state index in [1.54, 1.807) is 0 Å². The first kappa shape index (κ1) is 8.55. The van der Waals surface area contributed by atoms with Crippen LogP contribution in [0.2, 0.25) is 0 Å². The summed E-state index contributed by atoms with van der Waals surface area (Å²) in [6, 6.07) is 0. The molecule has 0 amide bonds. The van der Waals surface area contributed by atoms with Crippen molar-refractivity contribution in [3.63, 3.8) is 0 Å². The second kappa shape index (κ2) is 3.78. The van der Waals surface area contributed by atoms with Gasteiger partial charge in [-0.15, -0.1) is 0 Å². The van der Waals surface area contributed by atoms with Gasteiger partial charge in [-0.3, -0.25) is 0 Å². The van der Waals surface area contributed by atoms with Crippen LogP contribution in [0.4, 0.5) is 0 Å². The summed E-state index contributed by atoms with van der Waals surface area (Å²) in [4.78, 5) is 0. The van der Waals surface area contributed by atoms with Gasteiger partial charge in [0.1, 0.15) is 0 Å². The molecule has 0 aromatic rings. The summed E-state index contributed by atoms with van der Waals surface area (Å²) in [7, 11) is 0. The smallest absolute Gasteiger partial charge is 0.0464 e. The SMILES string of the molecule is OCC(C1CCCC1)C1CCC1. The molecule has 1 N–H and O–H groups in total. The summed E-state index contributed by atoms with van der Waals surface area (Å²) in [6.45, 7) is 0.454. The molecule has 0 aromatic carbocycles. The zero-order chi connectivity index (χ0) is 8.39. The molecule has 0 bridgehead atoms. The molecule has 0 radical (unpaired) electrons. The number of hydrogen-bond donors (Lipinski definition) is 1. The first-order valence-electron chi connectivity index (χ1n) is 5.52. The largest absolute Gasteiger partial charge is 0.396 e. The molecule has 0 spiro atoms. The number of aliphatic hydroxyl groups excluding tert-OH is 1. The molecule has 1 unspecified atom stereocenters. The molecular weight excluding hydrogens is 148 g/mol. The van der Waals surface area contributed by atoms with Crippen molar-refractivity contribution in [3.05, 3.63) is 0 Å². The Morgan fingerprint density at radius 2 is 1.42 bits per heavy atom. The van der Waals surface area contributed by atoms with E-state index in [0.717, 1.165) is 11.8 Å². The molecule has 12 heavy (non-hydrogen) atoms. The van der Waals surface area contributed by atoms with Gasteiger partial charge in [-0.25, -0.2) is 0 Å². The lowest BCUT2D eigenvalue weighted by atomic mass is 9.70. The van der Waals surface area contributed by atoms with E-state index in [-0.39, 0.29) is 0 Å². The Bertz CT molecular complexity index is 134. The Kier molecular flexibility index (Phi) is 2.69. The Balaban J connectivity index is 1.87. The van der Waals surface area contributed by atoms with Gasteiger partial charge in [0.25, 0.3) is 0 Å². The van der Waals surface area contributed by atoms with Gasteiger partial charge in [-0.2, -0.15) is 0 Å². The highest BCUT2D eigenvalue weighted by molar-refractivity contribution is 4.84. The molecule has 0 saturated heterocycles. The van der Waals surface area contributed by atoms with E-state index in [1.165, 1.54) is 44.9 Å². The van der Waals surface area contributed by atoms with Crippen molar-refractivity contribution in [2.24, 2.45) is 17.8 Å². The van der Waals surface area contributed by atoms with Crippen LogP contribution in [0.15, 0.2) is 0 Å². The zero-order valence-electron chi connectivity index (χ0n) is 7.84. The van der Waals surface area contributed by atoms with Crippen molar-refractivity contribution in [1.29, 1.82) is 0 Å². The van der Waals surface area contributed by atoms with Gasteiger partial charge < -0.3 is 5.11 Å². The first-order valence-corrected chi connectivity index (χ1v) is 5.52. The molecule has 70 valence electrons. The third-order valence-corrected chi connectivity index (χ3v) is 3.97. The summed E-state index contributed by atoms with van der Waals surface area (Å²) in [5.41, 5.74) is 0. The minimum absolute atomic E-state index is 0.454. The van der Waals surface area contributed by atoms with Crippen LogP contribution in [0.5, 0.6) is 0 Å². The Labute approximate surface area is 75.2 Å². The van der Waals surface area contributed by atoms with Gasteiger partial charge in [0, 0.05) is 6.61 Å². The maximum absolute atomic E-state index is 9.32. The summed E-state index contributed by atoms with van der Waals surface area (Å²) in [5.74, 6) is 2.43. The van der Waals surface area contributed by atoms with Crippen molar-refractivity contribution in [3.8, 4) is 0 Å². The van der Waals surface area contributed by atoms with Crippen LogP contribution in [0.25, 0.3) is 0 Å². The second-order valence-electron chi connectivity index (χ2n) is 4.58. The summed E-state index contributed by atoms with van der Waals surface area (Å²) < 4.78 is 0. The Morgan fingerprint density at radius 1 is 0.917 bits per heavy atom. The van der Waals surface area contributed by atoms with Gasteiger partial charge in [0.15, 0.2) is 0 Å². The highest BCUT2D eigenvalue weighted by Gasteiger charge is 2.33. The van der Waals surface area contributed by atoms with Gasteiger partial charge >= 0.3 is 0 Å². The van der Waals surface area contributed by atoms with E-state index in [2.05, 4.69) is 0 Å². The molecule has 2 aliphatic carbocycles. The average molecular weight is 168 g/mol. The second-order valence-corrected chi connectivity index (χ2v) is 4.58. The molecule has 2 aliphatic rings. The van der Waals surface area contributed by atoms with Crippen LogP contribution < -0.4 is 0 Å². The van der Waals surface area contributed by atoms with Gasteiger partial charge in [-0.05, 0) is 17.8 Å². The van der Waals surface area contributed by atoms with Crippen molar-refractivity contribution in [2.45, 2.75) is 44.9 Å². The standard InChI is InChI=1S/C11H20O/c12-8-11(10-6-3-7-10)9-4-1-2-5-9/h9-12H,1-8H2. The number of hydrogen-bond acceptors (Lipinski definition) is 1. The van der Waals surface area contributed by atoms with Gasteiger partial charge in [0.2, 0.25) is 0 Å². The van der Waals surface area contributed by atoms with Crippen LogP contribution in [0, 0.1) is 17.8 Å². The molecule has 2 fully saturated rings. The predicted octanol–water partition coefficient (Wildman–Crippen LogP) is 2.59. The van der Waals surface area contributed by atoms with Crippen molar-refractivity contribution in [2.75, 3.05) is 6.61 Å². The fourth-order valence-corrected chi connectivity index (χ4v) is 2.94. The Morgan fingerprint density at radius 3 is 1.75 bits per heavy atom. The van der Waals surface area contributed by atoms with Crippen LogP contribution in [-0.4, -0.2) is 11.7 Å². The summed E-state index contributed by atoms with van der Waals surface area (Å²) in [6.07, 6.45) is 9.79. The Hall–Kier alpha value is -0.0400. The van der Waals surface area contributed by atoms with Crippen LogP contribution in [0.3, 0.4) is 0 Å². The fraction of sp³-hybridized carbons (Fsp3) is 1.00. The highest BCUT2D eigenvalue weighted by atomic mass is 16.3. The molecule has 0 heterocycles. The molecule has 0 aliphatic heterocycles. The highest BCUT2D eigenvalue weighted by Crippen LogP contribution is 2.42. The minimum Gasteiger partial charge on any atom is -0.396 e. The molecule has 1 heteroatoms. The van der Waals surface area contributed by atoms with Crippen molar-refractivity contribution < 1.29 is 5.11 Å². The van der Waals surface area contributed by atoms with E-state index >= 15 is 0 Å².